The van der Waals surface area contributed by atoms with Crippen LogP contribution >= 0.6 is 11.8 Å². The molecule has 0 aromatic heterocycles. The molecule has 1 aliphatic rings. The fourth-order valence-corrected chi connectivity index (χ4v) is 2.90. The lowest BCUT2D eigenvalue weighted by Crippen LogP contribution is -2.47. The highest BCUT2D eigenvalue weighted by atomic mass is 32.2. The van der Waals surface area contributed by atoms with Crippen LogP contribution in [0.5, 0.6) is 0 Å². The van der Waals surface area contributed by atoms with Crippen LogP contribution in [0.2, 0.25) is 0 Å². The maximum Gasteiger partial charge on any atom is 0.327 e. The number of aliphatic carboxylic acids is 1. The molecule has 0 aromatic carbocycles. The van der Waals surface area contributed by atoms with Gasteiger partial charge in [0.25, 0.3) is 0 Å². The van der Waals surface area contributed by atoms with Crippen molar-refractivity contribution in [2.45, 2.75) is 32.7 Å². The number of amides is 2. The van der Waals surface area contributed by atoms with E-state index in [0.717, 1.165) is 12.8 Å². The number of hydrogen-bond donors (Lipinski definition) is 2. The van der Waals surface area contributed by atoms with E-state index >= 15 is 0 Å². The topological polar surface area (TPSA) is 69.6 Å². The molecule has 0 saturated carbocycles. The summed E-state index contributed by atoms with van der Waals surface area (Å²) in [4.78, 5) is 24.2. The van der Waals surface area contributed by atoms with Crippen molar-refractivity contribution < 1.29 is 14.7 Å². The lowest BCUT2D eigenvalue weighted by molar-refractivity contribution is -0.140. The molecule has 1 heterocycles. The van der Waals surface area contributed by atoms with Crippen molar-refractivity contribution >= 4 is 23.8 Å². The molecule has 1 aliphatic heterocycles. The molecule has 2 N–H and O–H groups in total. The van der Waals surface area contributed by atoms with Crippen molar-refractivity contribution in [3.8, 4) is 0 Å². The van der Waals surface area contributed by atoms with Gasteiger partial charge in [0, 0.05) is 12.3 Å². The summed E-state index contributed by atoms with van der Waals surface area (Å²) in [6.07, 6.45) is 2.04. The van der Waals surface area contributed by atoms with Gasteiger partial charge < -0.3 is 15.3 Å². The molecule has 0 bridgehead atoms. The van der Waals surface area contributed by atoms with Crippen LogP contribution in [0, 0.1) is 5.92 Å². The molecule has 0 radical (unpaired) electrons. The van der Waals surface area contributed by atoms with Gasteiger partial charge in [0.15, 0.2) is 0 Å². The Balaban J connectivity index is 2.44. The Morgan fingerprint density at radius 1 is 1.47 bits per heavy atom. The number of nitrogens with zero attached hydrogens (tertiary/aromatic N) is 1. The van der Waals surface area contributed by atoms with Crippen LogP contribution < -0.4 is 5.32 Å². The summed E-state index contributed by atoms with van der Waals surface area (Å²) < 4.78 is 0. The summed E-state index contributed by atoms with van der Waals surface area (Å²) in [7, 11) is 0. The third-order valence-electron chi connectivity index (χ3n) is 3.12. The molecule has 1 atom stereocenters. The largest absolute Gasteiger partial charge is 0.480 e. The summed E-state index contributed by atoms with van der Waals surface area (Å²) in [5, 5.41) is 11.8. The third-order valence-corrected chi connectivity index (χ3v) is 4.14. The molecule has 98 valence electrons. The van der Waals surface area contributed by atoms with Gasteiger partial charge in [-0.15, -0.1) is 11.8 Å². The molecule has 5 nitrogen and oxygen atoms in total. The number of urea groups is 1. The maximum atomic E-state index is 11.8. The lowest BCUT2D eigenvalue weighted by Gasteiger charge is -2.22. The molecular weight excluding hydrogens is 240 g/mol. The van der Waals surface area contributed by atoms with Crippen molar-refractivity contribution in [1.82, 2.24) is 10.2 Å². The van der Waals surface area contributed by atoms with Crippen LogP contribution in [0.4, 0.5) is 4.79 Å². The first-order chi connectivity index (χ1) is 8.10. The Morgan fingerprint density at radius 2 is 2.12 bits per heavy atom. The minimum Gasteiger partial charge on any atom is -0.480 e. The fourth-order valence-electron chi connectivity index (χ4n) is 1.76. The number of thioether (sulfide) groups is 1. The van der Waals surface area contributed by atoms with Gasteiger partial charge in [-0.3, -0.25) is 0 Å². The van der Waals surface area contributed by atoms with Gasteiger partial charge in [0.1, 0.15) is 6.04 Å². The Labute approximate surface area is 106 Å². The number of hydrogen-bond acceptors (Lipinski definition) is 3. The minimum atomic E-state index is -0.923. The molecule has 0 unspecified atom stereocenters. The summed E-state index contributed by atoms with van der Waals surface area (Å²) >= 11 is 1.48. The van der Waals surface area contributed by atoms with E-state index in [1.54, 1.807) is 0 Å². The fraction of sp³-hybridized carbons (Fsp3) is 0.818. The summed E-state index contributed by atoms with van der Waals surface area (Å²) in [6, 6.07) is -0.934. The van der Waals surface area contributed by atoms with Crippen LogP contribution in [-0.4, -0.2) is 46.2 Å². The van der Waals surface area contributed by atoms with Gasteiger partial charge in [-0.05, 0) is 5.92 Å². The Kier molecular flexibility index (Phi) is 5.61. The molecule has 2 amide bonds. The average molecular weight is 260 g/mol. The first-order valence-corrected chi connectivity index (χ1v) is 7.10. The van der Waals surface area contributed by atoms with Crippen molar-refractivity contribution in [1.29, 1.82) is 0 Å². The van der Waals surface area contributed by atoms with Crippen LogP contribution in [-0.2, 0) is 4.79 Å². The zero-order valence-corrected chi connectivity index (χ0v) is 11.1. The van der Waals surface area contributed by atoms with Crippen molar-refractivity contribution in [2.24, 2.45) is 5.92 Å². The Bertz CT molecular complexity index is 282. The second-order valence-electron chi connectivity index (χ2n) is 4.19. The molecule has 1 saturated heterocycles. The van der Waals surface area contributed by atoms with E-state index in [4.69, 9.17) is 5.11 Å². The number of carboxylic acid groups (broad SMARTS) is 1. The molecule has 17 heavy (non-hydrogen) atoms. The van der Waals surface area contributed by atoms with Crippen molar-refractivity contribution in [3.63, 3.8) is 0 Å². The highest BCUT2D eigenvalue weighted by molar-refractivity contribution is 7.99. The molecular formula is C11H20N2O3S. The van der Waals surface area contributed by atoms with Crippen LogP contribution in [0.25, 0.3) is 0 Å². The molecule has 0 aromatic rings. The summed E-state index contributed by atoms with van der Waals surface area (Å²) in [6.45, 7) is 4.80. The smallest absolute Gasteiger partial charge is 0.327 e. The number of carbonyl (C=O) groups excluding carboxylic acids is 1. The van der Waals surface area contributed by atoms with Gasteiger partial charge in [0.2, 0.25) is 0 Å². The summed E-state index contributed by atoms with van der Waals surface area (Å²) in [5.41, 5.74) is 0. The monoisotopic (exact) mass is 260 g/mol. The summed E-state index contributed by atoms with van der Waals surface area (Å²) in [5.74, 6) is 0.490. The number of nitrogens with one attached hydrogen (secondary N) is 1. The maximum absolute atomic E-state index is 11.8. The van der Waals surface area contributed by atoms with E-state index in [1.165, 1.54) is 16.7 Å². The first kappa shape index (κ1) is 14.2. The van der Waals surface area contributed by atoms with Gasteiger partial charge in [0.05, 0.1) is 5.88 Å². The number of carboxylic acids is 1. The second kappa shape index (κ2) is 6.74. The minimum absolute atomic E-state index is 0.255. The van der Waals surface area contributed by atoms with Gasteiger partial charge in [-0.2, -0.15) is 0 Å². The van der Waals surface area contributed by atoms with E-state index in [0.29, 0.717) is 24.1 Å². The zero-order chi connectivity index (χ0) is 12.8. The van der Waals surface area contributed by atoms with Gasteiger partial charge in [-0.25, -0.2) is 9.59 Å². The predicted molar refractivity (Wildman–Crippen MR) is 68.1 cm³/mol. The second-order valence-corrected chi connectivity index (χ2v) is 5.19. The highest BCUT2D eigenvalue weighted by Gasteiger charge is 2.34. The number of rotatable bonds is 5. The quantitative estimate of drug-likeness (QED) is 0.787. The highest BCUT2D eigenvalue weighted by Crippen LogP contribution is 2.21. The van der Waals surface area contributed by atoms with Gasteiger partial charge in [-0.1, -0.05) is 26.7 Å². The lowest BCUT2D eigenvalue weighted by atomic mass is 10.0. The van der Waals surface area contributed by atoms with Crippen LogP contribution in [0.1, 0.15) is 26.7 Å². The van der Waals surface area contributed by atoms with E-state index < -0.39 is 12.0 Å². The first-order valence-electron chi connectivity index (χ1n) is 5.95. The molecule has 1 fully saturated rings. The van der Waals surface area contributed by atoms with Crippen LogP contribution in [0.15, 0.2) is 0 Å². The van der Waals surface area contributed by atoms with E-state index in [1.807, 2.05) is 0 Å². The standard InChI is InChI=1S/C11H20N2O3S/c1-3-8(4-2)5-12-11(16)13-7-17-6-9(13)10(14)15/h8-9H,3-7H2,1-2H3,(H,12,16)(H,14,15)/t9-/m0/s1. The molecule has 0 spiro atoms. The Hall–Kier alpha value is -0.910. The number of carbonyl (C=O) groups is 2. The molecule has 0 aliphatic carbocycles. The van der Waals surface area contributed by atoms with E-state index in [-0.39, 0.29) is 6.03 Å². The van der Waals surface area contributed by atoms with E-state index in [2.05, 4.69) is 19.2 Å². The SMILES string of the molecule is CCC(CC)CNC(=O)N1CSC[C@H]1C(=O)O. The predicted octanol–water partition coefficient (Wildman–Crippen LogP) is 1.59. The molecule has 6 heteroatoms. The van der Waals surface area contributed by atoms with Crippen LogP contribution in [0.3, 0.4) is 0 Å². The third kappa shape index (κ3) is 3.80. The van der Waals surface area contributed by atoms with Crippen molar-refractivity contribution in [3.05, 3.63) is 0 Å². The van der Waals surface area contributed by atoms with Gasteiger partial charge >= 0.3 is 12.0 Å². The normalized spacial score (nSPS) is 19.7. The average Bonchev–Trinajstić information content (AvgIpc) is 2.79. The zero-order valence-electron chi connectivity index (χ0n) is 10.3. The Morgan fingerprint density at radius 3 is 2.65 bits per heavy atom. The molecule has 1 rings (SSSR count). The van der Waals surface area contributed by atoms with E-state index in [9.17, 15) is 9.59 Å². The van der Waals surface area contributed by atoms with Crippen molar-refractivity contribution in [2.75, 3.05) is 18.2 Å².